The van der Waals surface area contributed by atoms with E-state index in [2.05, 4.69) is 16.8 Å². The maximum absolute atomic E-state index is 12.3. The van der Waals surface area contributed by atoms with Crippen LogP contribution in [-0.4, -0.2) is 48.3 Å². The van der Waals surface area contributed by atoms with Crippen LogP contribution in [0.2, 0.25) is 0 Å². The molecule has 0 atom stereocenters. The minimum Gasteiger partial charge on any atom is -0.352 e. The summed E-state index contributed by atoms with van der Waals surface area (Å²) in [5.41, 5.74) is 5.82. The zero-order valence-corrected chi connectivity index (χ0v) is 15.5. The molecule has 27 heavy (non-hydrogen) atoms. The van der Waals surface area contributed by atoms with Crippen molar-refractivity contribution in [2.75, 3.05) is 32.5 Å². The lowest BCUT2D eigenvalue weighted by Crippen LogP contribution is -2.27. The summed E-state index contributed by atoms with van der Waals surface area (Å²) in [5.74, 6) is -0.0638. The number of nitrogens with one attached hydrogen (secondary N) is 2. The molecule has 6 heteroatoms. The van der Waals surface area contributed by atoms with Crippen LogP contribution in [0.15, 0.2) is 48.8 Å². The Kier molecular flexibility index (Phi) is 4.41. The molecule has 3 heterocycles. The summed E-state index contributed by atoms with van der Waals surface area (Å²) in [7, 11) is 3.73. The van der Waals surface area contributed by atoms with E-state index in [0.29, 0.717) is 18.7 Å². The number of nitrogens with zero attached hydrogens (tertiary/aromatic N) is 2. The molecule has 6 nitrogen and oxygen atoms in total. The molecule has 0 saturated carbocycles. The van der Waals surface area contributed by atoms with Crippen LogP contribution in [-0.2, 0) is 11.2 Å². The first-order chi connectivity index (χ1) is 13.0. The molecule has 0 spiro atoms. The van der Waals surface area contributed by atoms with Gasteiger partial charge in [-0.05, 0) is 55.9 Å². The molecule has 138 valence electrons. The number of aromatic nitrogens is 1. The van der Waals surface area contributed by atoms with Crippen molar-refractivity contribution in [1.82, 2.24) is 14.6 Å². The Labute approximate surface area is 157 Å². The number of pyridine rings is 1. The van der Waals surface area contributed by atoms with Gasteiger partial charge >= 0.3 is 0 Å². The van der Waals surface area contributed by atoms with Crippen molar-refractivity contribution in [2.45, 2.75) is 6.42 Å². The first-order valence-corrected chi connectivity index (χ1v) is 8.98. The summed E-state index contributed by atoms with van der Waals surface area (Å²) in [5, 5.41) is 5.86. The lowest BCUT2D eigenvalue weighted by Gasteiger charge is -2.10. The summed E-state index contributed by atoms with van der Waals surface area (Å²) in [6.45, 7) is 0.972. The summed E-state index contributed by atoms with van der Waals surface area (Å²) >= 11 is 0. The number of hydrogen-bond acceptors (Lipinski definition) is 3. The third-order valence-electron chi connectivity index (χ3n) is 4.75. The zero-order valence-electron chi connectivity index (χ0n) is 15.5. The standard InChI is InChI=1S/C21H22N4O2/c1-24(2)13-19(26)23-15-7-5-14(6-8-15)18-12-25-11-3-4-17-20(25)16(18)9-10-22-21(17)27/h3-8,11-12H,9-10,13H2,1-2H3,(H,22,27)(H,23,26). The van der Waals surface area contributed by atoms with Gasteiger partial charge < -0.3 is 19.9 Å². The first-order valence-electron chi connectivity index (χ1n) is 8.98. The number of amides is 2. The van der Waals surface area contributed by atoms with E-state index in [4.69, 9.17) is 0 Å². The van der Waals surface area contributed by atoms with E-state index < -0.39 is 0 Å². The van der Waals surface area contributed by atoms with Crippen LogP contribution < -0.4 is 10.6 Å². The highest BCUT2D eigenvalue weighted by Crippen LogP contribution is 2.32. The lowest BCUT2D eigenvalue weighted by atomic mass is 10.0. The van der Waals surface area contributed by atoms with Crippen molar-refractivity contribution in [3.05, 3.63) is 59.9 Å². The minimum atomic E-state index is -0.0387. The van der Waals surface area contributed by atoms with Crippen LogP contribution in [0.1, 0.15) is 15.9 Å². The summed E-state index contributed by atoms with van der Waals surface area (Å²) in [6.07, 6.45) is 4.84. The highest BCUT2D eigenvalue weighted by atomic mass is 16.2. The number of carbonyl (C=O) groups excluding carboxylic acids is 2. The van der Waals surface area contributed by atoms with Gasteiger partial charge in [-0.3, -0.25) is 9.59 Å². The van der Waals surface area contributed by atoms with Crippen molar-refractivity contribution in [3.63, 3.8) is 0 Å². The van der Waals surface area contributed by atoms with Crippen LogP contribution >= 0.6 is 0 Å². The van der Waals surface area contributed by atoms with Crippen molar-refractivity contribution >= 4 is 23.0 Å². The van der Waals surface area contributed by atoms with Gasteiger partial charge in [-0.15, -0.1) is 0 Å². The maximum Gasteiger partial charge on any atom is 0.253 e. The molecule has 1 aliphatic rings. The predicted octanol–water partition coefficient (Wildman–Crippen LogP) is 2.39. The van der Waals surface area contributed by atoms with Crippen LogP contribution in [0.5, 0.6) is 0 Å². The maximum atomic E-state index is 12.3. The molecular weight excluding hydrogens is 340 g/mol. The quantitative estimate of drug-likeness (QED) is 0.749. The normalized spacial score (nSPS) is 13.5. The van der Waals surface area contributed by atoms with Crippen LogP contribution in [0.25, 0.3) is 16.6 Å². The average molecular weight is 362 g/mol. The number of rotatable bonds is 4. The van der Waals surface area contributed by atoms with E-state index in [-0.39, 0.29) is 11.8 Å². The number of carbonyl (C=O) groups is 2. The van der Waals surface area contributed by atoms with E-state index >= 15 is 0 Å². The van der Waals surface area contributed by atoms with E-state index in [1.54, 1.807) is 0 Å². The van der Waals surface area contributed by atoms with Gasteiger partial charge in [0.1, 0.15) is 0 Å². The van der Waals surface area contributed by atoms with Crippen LogP contribution in [0.4, 0.5) is 5.69 Å². The highest BCUT2D eigenvalue weighted by Gasteiger charge is 2.21. The smallest absolute Gasteiger partial charge is 0.253 e. The average Bonchev–Trinajstić information content (AvgIpc) is 2.91. The predicted molar refractivity (Wildman–Crippen MR) is 106 cm³/mol. The van der Waals surface area contributed by atoms with E-state index in [0.717, 1.165) is 28.8 Å². The molecule has 4 rings (SSSR count). The molecule has 0 fully saturated rings. The van der Waals surface area contributed by atoms with E-state index in [9.17, 15) is 9.59 Å². The molecule has 2 N–H and O–H groups in total. The Hall–Kier alpha value is -3.12. The molecule has 0 radical (unpaired) electrons. The van der Waals surface area contributed by atoms with Gasteiger partial charge in [-0.25, -0.2) is 0 Å². The third kappa shape index (κ3) is 3.31. The van der Waals surface area contributed by atoms with Gasteiger partial charge in [0.2, 0.25) is 5.91 Å². The van der Waals surface area contributed by atoms with Crippen molar-refractivity contribution < 1.29 is 9.59 Å². The van der Waals surface area contributed by atoms with Gasteiger partial charge in [0.05, 0.1) is 17.6 Å². The van der Waals surface area contributed by atoms with Crippen molar-refractivity contribution in [3.8, 4) is 11.1 Å². The van der Waals surface area contributed by atoms with Gasteiger partial charge in [0.25, 0.3) is 5.91 Å². The van der Waals surface area contributed by atoms with E-state index in [1.165, 1.54) is 5.56 Å². The molecule has 1 aliphatic heterocycles. The molecule has 0 unspecified atom stereocenters. The Morgan fingerprint density at radius 1 is 1.19 bits per heavy atom. The summed E-state index contributed by atoms with van der Waals surface area (Å²) in [4.78, 5) is 26.0. The first kappa shape index (κ1) is 17.3. The monoisotopic (exact) mass is 362 g/mol. The molecule has 0 saturated heterocycles. The second-order valence-corrected chi connectivity index (χ2v) is 7.07. The lowest BCUT2D eigenvalue weighted by molar-refractivity contribution is -0.116. The number of likely N-dealkylation sites (N-methyl/N-ethyl adjacent to an activating group) is 1. The fourth-order valence-corrected chi connectivity index (χ4v) is 3.60. The van der Waals surface area contributed by atoms with Crippen molar-refractivity contribution in [1.29, 1.82) is 0 Å². The van der Waals surface area contributed by atoms with Crippen molar-refractivity contribution in [2.24, 2.45) is 0 Å². The molecule has 0 aliphatic carbocycles. The third-order valence-corrected chi connectivity index (χ3v) is 4.75. The second kappa shape index (κ2) is 6.89. The van der Waals surface area contributed by atoms with E-state index in [1.807, 2.05) is 66.0 Å². The minimum absolute atomic E-state index is 0.0250. The largest absolute Gasteiger partial charge is 0.352 e. The highest BCUT2D eigenvalue weighted by molar-refractivity contribution is 6.03. The Bertz CT molecular complexity index is 1020. The number of hydrogen-bond donors (Lipinski definition) is 2. The SMILES string of the molecule is CN(C)CC(=O)Nc1ccc(-c2cn3cccc4c3c2CCNC4=O)cc1. The Morgan fingerprint density at radius 2 is 1.96 bits per heavy atom. The fourth-order valence-electron chi connectivity index (χ4n) is 3.60. The fraction of sp³-hybridized carbons (Fsp3) is 0.238. The zero-order chi connectivity index (χ0) is 19.0. The van der Waals surface area contributed by atoms with Gasteiger partial charge in [0, 0.05) is 30.2 Å². The molecule has 3 aromatic rings. The molecule has 2 amide bonds. The number of anilines is 1. The molecule has 1 aromatic carbocycles. The molecule has 2 aromatic heterocycles. The summed E-state index contributed by atoms with van der Waals surface area (Å²) < 4.78 is 2.03. The number of benzene rings is 1. The van der Waals surface area contributed by atoms with Gasteiger partial charge in [0.15, 0.2) is 0 Å². The van der Waals surface area contributed by atoms with Gasteiger partial charge in [-0.1, -0.05) is 12.1 Å². The van der Waals surface area contributed by atoms with Crippen LogP contribution in [0.3, 0.4) is 0 Å². The Morgan fingerprint density at radius 3 is 2.70 bits per heavy atom. The van der Waals surface area contributed by atoms with Crippen LogP contribution in [0, 0.1) is 0 Å². The topological polar surface area (TPSA) is 65.8 Å². The second-order valence-electron chi connectivity index (χ2n) is 7.07. The van der Waals surface area contributed by atoms with Gasteiger partial charge in [-0.2, -0.15) is 0 Å². The molecule has 0 bridgehead atoms. The Balaban J connectivity index is 1.69. The summed E-state index contributed by atoms with van der Waals surface area (Å²) in [6, 6.07) is 11.6. The molecular formula is C21H22N4O2.